The second kappa shape index (κ2) is 6.63. The largest absolute Gasteiger partial charge is 0.436 e. The molecule has 4 nitrogen and oxygen atoms in total. The molecule has 1 aromatic carbocycles. The van der Waals surface area contributed by atoms with E-state index in [1.54, 1.807) is 12.4 Å². The summed E-state index contributed by atoms with van der Waals surface area (Å²) in [5.41, 5.74) is 0.896. The van der Waals surface area contributed by atoms with Crippen LogP contribution in [-0.2, 0) is 6.54 Å². The van der Waals surface area contributed by atoms with E-state index < -0.39 is 0 Å². The van der Waals surface area contributed by atoms with E-state index in [0.29, 0.717) is 18.5 Å². The predicted molar refractivity (Wildman–Crippen MR) is 78.2 cm³/mol. The van der Waals surface area contributed by atoms with Crippen molar-refractivity contribution in [3.63, 3.8) is 0 Å². The second-order valence-electron chi connectivity index (χ2n) is 4.41. The highest BCUT2D eigenvalue weighted by Crippen LogP contribution is 2.27. The van der Waals surface area contributed by atoms with Gasteiger partial charge in [0.15, 0.2) is 0 Å². The first-order chi connectivity index (χ1) is 9.15. The Balaban J connectivity index is 2.01. The molecule has 5 heteroatoms. The van der Waals surface area contributed by atoms with Gasteiger partial charge in [-0.15, -0.1) is 0 Å². The van der Waals surface area contributed by atoms with Crippen LogP contribution in [0.2, 0.25) is 0 Å². The summed E-state index contributed by atoms with van der Waals surface area (Å²) in [6.45, 7) is 4.90. The molecule has 2 aromatic rings. The molecule has 100 valence electrons. The smallest absolute Gasteiger partial charge is 0.237 e. The molecule has 0 atom stereocenters. The van der Waals surface area contributed by atoms with Gasteiger partial charge in [-0.1, -0.05) is 26.0 Å². The average molecular weight is 322 g/mol. The minimum atomic E-state index is 0.429. The molecule has 0 aliphatic rings. The number of benzene rings is 1. The van der Waals surface area contributed by atoms with Gasteiger partial charge in [-0.2, -0.15) is 0 Å². The SMILES string of the molecule is CC(C)NCc1cnc(Oc2ccccc2Br)cn1. The zero-order valence-electron chi connectivity index (χ0n) is 10.9. The van der Waals surface area contributed by atoms with Gasteiger partial charge in [0, 0.05) is 12.6 Å². The summed E-state index contributed by atoms with van der Waals surface area (Å²) in [5.74, 6) is 1.21. The highest BCUT2D eigenvalue weighted by atomic mass is 79.9. The van der Waals surface area contributed by atoms with E-state index in [-0.39, 0.29) is 0 Å². The summed E-state index contributed by atoms with van der Waals surface area (Å²) in [6, 6.07) is 8.07. The van der Waals surface area contributed by atoms with Gasteiger partial charge in [-0.3, -0.25) is 4.98 Å². The molecule has 1 aromatic heterocycles. The van der Waals surface area contributed by atoms with Crippen molar-refractivity contribution in [3.05, 3.63) is 46.8 Å². The van der Waals surface area contributed by atoms with Crippen molar-refractivity contribution in [1.82, 2.24) is 15.3 Å². The van der Waals surface area contributed by atoms with Crippen LogP contribution >= 0.6 is 15.9 Å². The first-order valence-corrected chi connectivity index (χ1v) is 6.91. The van der Waals surface area contributed by atoms with Gasteiger partial charge >= 0.3 is 0 Å². The van der Waals surface area contributed by atoms with Crippen molar-refractivity contribution in [2.75, 3.05) is 0 Å². The number of nitrogens with zero attached hydrogens (tertiary/aromatic N) is 2. The zero-order chi connectivity index (χ0) is 13.7. The predicted octanol–water partition coefficient (Wildman–Crippen LogP) is 3.53. The molecule has 0 radical (unpaired) electrons. The van der Waals surface area contributed by atoms with Gasteiger partial charge in [0.2, 0.25) is 5.88 Å². The summed E-state index contributed by atoms with van der Waals surface area (Å²) >= 11 is 3.43. The normalized spacial score (nSPS) is 10.7. The molecule has 2 rings (SSSR count). The van der Waals surface area contributed by atoms with E-state index in [9.17, 15) is 0 Å². The lowest BCUT2D eigenvalue weighted by Crippen LogP contribution is -2.22. The fraction of sp³-hybridized carbons (Fsp3) is 0.286. The Bertz CT molecular complexity index is 528. The Morgan fingerprint density at radius 3 is 2.63 bits per heavy atom. The van der Waals surface area contributed by atoms with Gasteiger partial charge in [-0.05, 0) is 28.1 Å². The van der Waals surface area contributed by atoms with E-state index in [4.69, 9.17) is 4.74 Å². The third kappa shape index (κ3) is 4.29. The van der Waals surface area contributed by atoms with Gasteiger partial charge in [0.25, 0.3) is 0 Å². The van der Waals surface area contributed by atoms with Gasteiger partial charge in [0.05, 0.1) is 22.6 Å². The Labute approximate surface area is 121 Å². The lowest BCUT2D eigenvalue weighted by Gasteiger charge is -2.08. The van der Waals surface area contributed by atoms with Crippen LogP contribution in [0, 0.1) is 0 Å². The Hall–Kier alpha value is -1.46. The van der Waals surface area contributed by atoms with Crippen molar-refractivity contribution in [2.24, 2.45) is 0 Å². The molecule has 1 heterocycles. The van der Waals surface area contributed by atoms with Crippen LogP contribution in [0.15, 0.2) is 41.1 Å². The number of rotatable bonds is 5. The topological polar surface area (TPSA) is 47.0 Å². The van der Waals surface area contributed by atoms with Crippen LogP contribution in [0.1, 0.15) is 19.5 Å². The average Bonchev–Trinajstić information content (AvgIpc) is 2.40. The standard InChI is InChI=1S/C14H16BrN3O/c1-10(2)16-7-11-8-18-14(9-17-11)19-13-6-4-3-5-12(13)15/h3-6,8-10,16H,7H2,1-2H3. The van der Waals surface area contributed by atoms with E-state index in [1.165, 1.54) is 0 Å². The molecule has 0 fully saturated rings. The van der Waals surface area contributed by atoms with Gasteiger partial charge in [0.1, 0.15) is 5.75 Å². The van der Waals surface area contributed by atoms with E-state index >= 15 is 0 Å². The zero-order valence-corrected chi connectivity index (χ0v) is 12.5. The number of hydrogen-bond acceptors (Lipinski definition) is 4. The quantitative estimate of drug-likeness (QED) is 0.915. The van der Waals surface area contributed by atoms with Crippen molar-refractivity contribution < 1.29 is 4.74 Å². The third-order valence-electron chi connectivity index (χ3n) is 2.42. The van der Waals surface area contributed by atoms with Crippen molar-refractivity contribution in [2.45, 2.75) is 26.4 Å². The maximum atomic E-state index is 5.65. The number of nitrogens with one attached hydrogen (secondary N) is 1. The first-order valence-electron chi connectivity index (χ1n) is 6.12. The molecule has 0 unspecified atom stereocenters. The fourth-order valence-corrected chi connectivity index (χ4v) is 1.80. The number of ether oxygens (including phenoxy) is 1. The lowest BCUT2D eigenvalue weighted by molar-refractivity contribution is 0.455. The minimum absolute atomic E-state index is 0.429. The highest BCUT2D eigenvalue weighted by Gasteiger charge is 2.04. The maximum absolute atomic E-state index is 5.65. The number of aromatic nitrogens is 2. The number of halogens is 1. The summed E-state index contributed by atoms with van der Waals surface area (Å²) in [7, 11) is 0. The van der Waals surface area contributed by atoms with Gasteiger partial charge in [-0.25, -0.2) is 4.98 Å². The molecule has 0 spiro atoms. The molecule has 0 bridgehead atoms. The molecule has 0 saturated heterocycles. The monoisotopic (exact) mass is 321 g/mol. The number of hydrogen-bond donors (Lipinski definition) is 1. The fourth-order valence-electron chi connectivity index (χ4n) is 1.44. The summed E-state index contributed by atoms with van der Waals surface area (Å²) in [5, 5.41) is 3.29. The summed E-state index contributed by atoms with van der Waals surface area (Å²) in [6.07, 6.45) is 3.36. The molecule has 0 aliphatic heterocycles. The van der Waals surface area contributed by atoms with Crippen LogP contribution in [0.25, 0.3) is 0 Å². The minimum Gasteiger partial charge on any atom is -0.436 e. The van der Waals surface area contributed by atoms with Crippen LogP contribution in [0.3, 0.4) is 0 Å². The lowest BCUT2D eigenvalue weighted by atomic mass is 10.3. The Kier molecular flexibility index (Phi) is 4.87. The third-order valence-corrected chi connectivity index (χ3v) is 3.08. The van der Waals surface area contributed by atoms with Crippen LogP contribution < -0.4 is 10.1 Å². The van der Waals surface area contributed by atoms with E-state index in [1.807, 2.05) is 24.3 Å². The number of para-hydroxylation sites is 1. The first kappa shape index (κ1) is 14.0. The molecule has 0 saturated carbocycles. The second-order valence-corrected chi connectivity index (χ2v) is 5.27. The molecule has 1 N–H and O–H groups in total. The summed E-state index contributed by atoms with van der Waals surface area (Å²) < 4.78 is 6.54. The van der Waals surface area contributed by atoms with E-state index in [0.717, 1.165) is 15.9 Å². The summed E-state index contributed by atoms with van der Waals surface area (Å²) in [4.78, 5) is 8.56. The molecular weight excluding hydrogens is 306 g/mol. The molecule has 0 amide bonds. The van der Waals surface area contributed by atoms with Crippen molar-refractivity contribution >= 4 is 15.9 Å². The van der Waals surface area contributed by atoms with Crippen LogP contribution in [0.4, 0.5) is 0 Å². The van der Waals surface area contributed by atoms with Crippen molar-refractivity contribution in [1.29, 1.82) is 0 Å². The highest BCUT2D eigenvalue weighted by molar-refractivity contribution is 9.10. The molecule has 0 aliphatic carbocycles. The molecule has 19 heavy (non-hydrogen) atoms. The maximum Gasteiger partial charge on any atom is 0.237 e. The Morgan fingerprint density at radius 1 is 1.21 bits per heavy atom. The van der Waals surface area contributed by atoms with Crippen molar-refractivity contribution in [3.8, 4) is 11.6 Å². The van der Waals surface area contributed by atoms with Crippen LogP contribution in [-0.4, -0.2) is 16.0 Å². The Morgan fingerprint density at radius 2 is 2.00 bits per heavy atom. The van der Waals surface area contributed by atoms with Crippen LogP contribution in [0.5, 0.6) is 11.6 Å². The van der Waals surface area contributed by atoms with Gasteiger partial charge < -0.3 is 10.1 Å². The molecular formula is C14H16BrN3O. The van der Waals surface area contributed by atoms with E-state index in [2.05, 4.69) is 45.1 Å².